The van der Waals surface area contributed by atoms with Gasteiger partial charge in [-0.1, -0.05) is 0 Å². The van der Waals surface area contributed by atoms with E-state index in [0.717, 1.165) is 4.90 Å². The van der Waals surface area contributed by atoms with E-state index in [1.165, 1.54) is 30.0 Å². The smallest absolute Gasteiger partial charge is 0.393 e. The molecule has 1 amide bonds. The van der Waals surface area contributed by atoms with Gasteiger partial charge in [-0.3, -0.25) is 4.79 Å². The number of nitrogens with one attached hydrogen (secondary N) is 1. The fraction of sp³-hybridized carbons (Fsp3) is 0.632. The normalized spacial score (nSPS) is 20.4. The zero-order valence-corrected chi connectivity index (χ0v) is 18.6. The molecule has 31 heavy (non-hydrogen) atoms. The number of amides is 1. The number of piperidine rings is 1. The van der Waals surface area contributed by atoms with Gasteiger partial charge in [0.2, 0.25) is 15.9 Å². The molecule has 12 heteroatoms. The van der Waals surface area contributed by atoms with E-state index in [2.05, 4.69) is 4.72 Å². The molecule has 0 radical (unpaired) electrons. The molecule has 0 saturated carbocycles. The van der Waals surface area contributed by atoms with Gasteiger partial charge in [0.05, 0.1) is 10.8 Å². The first kappa shape index (κ1) is 24.0. The first-order valence-electron chi connectivity index (χ1n) is 9.88. The Kier molecular flexibility index (Phi) is 7.63. The fourth-order valence-electron chi connectivity index (χ4n) is 3.58. The first-order chi connectivity index (χ1) is 14.6. The number of ether oxygens (including phenoxy) is 2. The number of rotatable bonds is 7. The number of alkyl halides is 3. The molecule has 0 unspecified atom stereocenters. The molecular formula is C19H25F3N2O5S2. The van der Waals surface area contributed by atoms with Crippen molar-refractivity contribution in [1.82, 2.24) is 9.62 Å². The predicted octanol–water partition coefficient (Wildman–Crippen LogP) is 2.66. The quantitative estimate of drug-likeness (QED) is 0.643. The van der Waals surface area contributed by atoms with Gasteiger partial charge in [0.25, 0.3) is 0 Å². The third-order valence-electron chi connectivity index (χ3n) is 5.23. The molecule has 2 atom stereocenters. The Labute approximate surface area is 183 Å². The van der Waals surface area contributed by atoms with Crippen LogP contribution in [0.2, 0.25) is 0 Å². The molecule has 1 aromatic carbocycles. The number of sulfonamides is 1. The molecule has 7 nitrogen and oxygen atoms in total. The van der Waals surface area contributed by atoms with E-state index in [0.29, 0.717) is 18.1 Å². The highest BCUT2D eigenvalue weighted by atomic mass is 32.2. The zero-order chi connectivity index (χ0) is 22.6. The van der Waals surface area contributed by atoms with E-state index in [1.807, 2.05) is 0 Å². The number of likely N-dealkylation sites (tertiary alicyclic amines) is 1. The molecule has 2 aliphatic rings. The highest BCUT2D eigenvalue weighted by molar-refractivity contribution is 7.98. The van der Waals surface area contributed by atoms with Crippen molar-refractivity contribution in [2.24, 2.45) is 5.92 Å². The van der Waals surface area contributed by atoms with E-state index >= 15 is 0 Å². The number of hydrogen-bond donors (Lipinski definition) is 1. The maximum absolute atomic E-state index is 13.1. The molecule has 0 spiro atoms. The molecule has 0 aliphatic carbocycles. The SMILES string of the molecule is CSCC[C@H](NS(=O)(=O)c1ccc2c(c1)OCCO2)C(=O)N1CCC[C@H](C(F)(F)F)C1. The lowest BCUT2D eigenvalue weighted by Gasteiger charge is -2.35. The topological polar surface area (TPSA) is 84.9 Å². The molecule has 1 fully saturated rings. The second-order valence-electron chi connectivity index (χ2n) is 7.43. The Morgan fingerprint density at radius 2 is 2.00 bits per heavy atom. The summed E-state index contributed by atoms with van der Waals surface area (Å²) in [6.45, 7) is 0.363. The standard InChI is InChI=1S/C19H25F3N2O5S2/c1-30-10-6-15(18(25)24-7-2-3-13(12-24)19(20,21)22)23-31(26,27)14-4-5-16-17(11-14)29-9-8-28-16/h4-5,11,13,15,23H,2-3,6-10,12H2,1H3/t13-,15-/m0/s1. The lowest BCUT2D eigenvalue weighted by molar-refractivity contribution is -0.188. The number of hydrogen-bond acceptors (Lipinski definition) is 6. The monoisotopic (exact) mass is 482 g/mol. The van der Waals surface area contributed by atoms with Crippen LogP contribution in [-0.4, -0.2) is 69.8 Å². The van der Waals surface area contributed by atoms with Gasteiger partial charge >= 0.3 is 6.18 Å². The highest BCUT2D eigenvalue weighted by Gasteiger charge is 2.43. The van der Waals surface area contributed by atoms with Gasteiger partial charge in [-0.15, -0.1) is 0 Å². The van der Waals surface area contributed by atoms with Crippen LogP contribution in [0.3, 0.4) is 0 Å². The van der Waals surface area contributed by atoms with Gasteiger partial charge < -0.3 is 14.4 Å². The summed E-state index contributed by atoms with van der Waals surface area (Å²) >= 11 is 1.42. The molecular weight excluding hydrogens is 457 g/mol. The number of fused-ring (bicyclic) bond motifs is 1. The van der Waals surface area contributed by atoms with Crippen molar-refractivity contribution in [2.45, 2.75) is 36.4 Å². The lowest BCUT2D eigenvalue weighted by atomic mass is 9.97. The number of carbonyl (C=O) groups is 1. The summed E-state index contributed by atoms with van der Waals surface area (Å²) in [5.41, 5.74) is 0. The third kappa shape index (κ3) is 5.98. The largest absolute Gasteiger partial charge is 0.486 e. The van der Waals surface area contributed by atoms with Crippen LogP contribution < -0.4 is 14.2 Å². The number of thioether (sulfide) groups is 1. The Hall–Kier alpha value is -1.66. The summed E-state index contributed by atoms with van der Waals surface area (Å²) in [7, 11) is -4.11. The van der Waals surface area contributed by atoms with Crippen molar-refractivity contribution in [3.8, 4) is 11.5 Å². The Morgan fingerprint density at radius 3 is 2.68 bits per heavy atom. The van der Waals surface area contributed by atoms with Crippen molar-refractivity contribution < 1.29 is 35.9 Å². The number of nitrogens with zero attached hydrogens (tertiary/aromatic N) is 1. The minimum absolute atomic E-state index is 0.0360. The van der Waals surface area contributed by atoms with E-state index in [9.17, 15) is 26.4 Å². The second kappa shape index (κ2) is 9.86. The zero-order valence-electron chi connectivity index (χ0n) is 17.0. The van der Waals surface area contributed by atoms with Gasteiger partial charge in [-0.05, 0) is 43.4 Å². The van der Waals surface area contributed by atoms with Crippen LogP contribution in [0.1, 0.15) is 19.3 Å². The van der Waals surface area contributed by atoms with Crippen LogP contribution in [0.5, 0.6) is 11.5 Å². The highest BCUT2D eigenvalue weighted by Crippen LogP contribution is 2.34. The summed E-state index contributed by atoms with van der Waals surface area (Å²) in [6, 6.07) is 2.97. The lowest BCUT2D eigenvalue weighted by Crippen LogP contribution is -2.53. The van der Waals surface area contributed by atoms with Crippen molar-refractivity contribution in [3.05, 3.63) is 18.2 Å². The minimum Gasteiger partial charge on any atom is -0.486 e. The van der Waals surface area contributed by atoms with Gasteiger partial charge in [0.15, 0.2) is 11.5 Å². The summed E-state index contributed by atoms with van der Waals surface area (Å²) in [6.07, 6.45) is -2.24. The molecule has 2 heterocycles. The van der Waals surface area contributed by atoms with Gasteiger partial charge in [0.1, 0.15) is 19.3 Å². The summed E-state index contributed by atoms with van der Waals surface area (Å²) in [4.78, 5) is 14.0. The van der Waals surface area contributed by atoms with Gasteiger partial charge in [0, 0.05) is 19.2 Å². The van der Waals surface area contributed by atoms with Crippen LogP contribution in [0.4, 0.5) is 13.2 Å². The van der Waals surface area contributed by atoms with Crippen LogP contribution >= 0.6 is 11.8 Å². The van der Waals surface area contributed by atoms with Crippen LogP contribution in [-0.2, 0) is 14.8 Å². The minimum atomic E-state index is -4.39. The molecule has 174 valence electrons. The van der Waals surface area contributed by atoms with Gasteiger partial charge in [-0.2, -0.15) is 29.7 Å². The summed E-state index contributed by atoms with van der Waals surface area (Å²) < 4.78 is 78.5. The van der Waals surface area contributed by atoms with Gasteiger partial charge in [-0.25, -0.2) is 8.42 Å². The second-order valence-corrected chi connectivity index (χ2v) is 10.1. The average Bonchev–Trinajstić information content (AvgIpc) is 2.75. The maximum Gasteiger partial charge on any atom is 0.393 e. The Morgan fingerprint density at radius 1 is 1.29 bits per heavy atom. The van der Waals surface area contributed by atoms with Crippen LogP contribution in [0.25, 0.3) is 0 Å². The Balaban J connectivity index is 1.78. The molecule has 1 N–H and O–H groups in total. The number of halogens is 3. The number of benzene rings is 1. The third-order valence-corrected chi connectivity index (χ3v) is 7.34. The molecule has 3 rings (SSSR count). The van der Waals surface area contributed by atoms with Crippen molar-refractivity contribution in [3.63, 3.8) is 0 Å². The van der Waals surface area contributed by atoms with E-state index in [1.54, 1.807) is 6.26 Å². The van der Waals surface area contributed by atoms with Crippen molar-refractivity contribution >= 4 is 27.7 Å². The van der Waals surface area contributed by atoms with Crippen molar-refractivity contribution in [2.75, 3.05) is 38.3 Å². The van der Waals surface area contributed by atoms with E-state index < -0.39 is 40.6 Å². The van der Waals surface area contributed by atoms with Crippen molar-refractivity contribution in [1.29, 1.82) is 0 Å². The fourth-order valence-corrected chi connectivity index (χ4v) is 5.29. The molecule has 1 saturated heterocycles. The predicted molar refractivity (Wildman–Crippen MR) is 110 cm³/mol. The van der Waals surface area contributed by atoms with Crippen LogP contribution in [0.15, 0.2) is 23.1 Å². The van der Waals surface area contributed by atoms with E-state index in [-0.39, 0.29) is 43.1 Å². The molecule has 0 bridgehead atoms. The maximum atomic E-state index is 13.1. The summed E-state index contributed by atoms with van der Waals surface area (Å²) in [5, 5.41) is 0. The molecule has 1 aromatic rings. The summed E-state index contributed by atoms with van der Waals surface area (Å²) in [5.74, 6) is -1.06. The molecule has 0 aromatic heterocycles. The van der Waals surface area contributed by atoms with Crippen LogP contribution in [0, 0.1) is 5.92 Å². The Bertz CT molecular complexity index is 895. The average molecular weight is 483 g/mol. The number of carbonyl (C=O) groups excluding carboxylic acids is 1. The first-order valence-corrected chi connectivity index (χ1v) is 12.8. The molecule has 2 aliphatic heterocycles. The van der Waals surface area contributed by atoms with E-state index in [4.69, 9.17) is 9.47 Å².